The molecule has 0 radical (unpaired) electrons. The van der Waals surface area contributed by atoms with Crippen LogP contribution < -0.4 is 0 Å². The van der Waals surface area contributed by atoms with Crippen LogP contribution in [0.5, 0.6) is 0 Å². The number of hydrogen-bond donors (Lipinski definition) is 0. The Labute approximate surface area is 94.5 Å². The molecule has 0 heteroatoms. The van der Waals surface area contributed by atoms with Gasteiger partial charge in [-0.1, -0.05) is 25.2 Å². The van der Waals surface area contributed by atoms with Crippen molar-refractivity contribution in [2.75, 3.05) is 0 Å². The van der Waals surface area contributed by atoms with Gasteiger partial charge in [-0.2, -0.15) is 0 Å². The zero-order valence-electron chi connectivity index (χ0n) is 9.99. The summed E-state index contributed by atoms with van der Waals surface area (Å²) in [5.74, 6) is 3.51. The summed E-state index contributed by atoms with van der Waals surface area (Å²) in [4.78, 5) is 0. The predicted molar refractivity (Wildman–Crippen MR) is 66.7 cm³/mol. The maximum atomic E-state index is 3.92. The molecule has 1 fully saturated rings. The summed E-state index contributed by atoms with van der Waals surface area (Å²) in [7, 11) is 0. The number of hydrogen-bond acceptors (Lipinski definition) is 0. The highest BCUT2D eigenvalue weighted by atomic mass is 14.3. The molecule has 0 bridgehead atoms. The molecule has 2 rings (SSSR count). The number of rotatable bonds is 2. The van der Waals surface area contributed by atoms with Gasteiger partial charge in [0, 0.05) is 0 Å². The first-order valence-corrected chi connectivity index (χ1v) is 6.60. The molecule has 2 aliphatic carbocycles. The minimum Gasteiger partial charge on any atom is -0.103 e. The van der Waals surface area contributed by atoms with E-state index < -0.39 is 0 Å². The van der Waals surface area contributed by atoms with Gasteiger partial charge >= 0.3 is 0 Å². The van der Waals surface area contributed by atoms with Crippen LogP contribution in [0.2, 0.25) is 0 Å². The molecule has 2 unspecified atom stereocenters. The zero-order valence-corrected chi connectivity index (χ0v) is 9.99. The third kappa shape index (κ3) is 2.74. The molecule has 15 heavy (non-hydrogen) atoms. The molecular weight excluding hydrogens is 180 g/mol. The molecule has 0 nitrogen and oxygen atoms in total. The summed E-state index contributed by atoms with van der Waals surface area (Å²) in [5.41, 5.74) is 0. The van der Waals surface area contributed by atoms with Crippen LogP contribution in [0.1, 0.15) is 45.4 Å². The Kier molecular flexibility index (Phi) is 3.66. The van der Waals surface area contributed by atoms with Gasteiger partial charge in [0.05, 0.1) is 0 Å². The van der Waals surface area contributed by atoms with Gasteiger partial charge in [0.2, 0.25) is 0 Å². The smallest absolute Gasteiger partial charge is 0.0205 e. The lowest BCUT2D eigenvalue weighted by Gasteiger charge is -2.33. The Balaban J connectivity index is 1.85. The van der Waals surface area contributed by atoms with Crippen molar-refractivity contribution in [3.63, 3.8) is 0 Å². The van der Waals surface area contributed by atoms with Crippen molar-refractivity contribution in [3.05, 3.63) is 24.8 Å². The first-order chi connectivity index (χ1) is 7.29. The van der Waals surface area contributed by atoms with Gasteiger partial charge in [-0.05, 0) is 62.2 Å². The summed E-state index contributed by atoms with van der Waals surface area (Å²) in [5, 5.41) is 0. The molecule has 84 valence electrons. The quantitative estimate of drug-likeness (QED) is 0.577. The van der Waals surface area contributed by atoms with E-state index in [1.807, 2.05) is 0 Å². The summed E-state index contributed by atoms with van der Waals surface area (Å²) in [6.45, 7) is 6.25. The average Bonchev–Trinajstić information content (AvgIpc) is 2.30. The Hall–Kier alpha value is -0.520. The van der Waals surface area contributed by atoms with Crippen molar-refractivity contribution in [1.29, 1.82) is 0 Å². The highest BCUT2D eigenvalue weighted by Crippen LogP contribution is 2.38. The highest BCUT2D eigenvalue weighted by Gasteiger charge is 2.26. The largest absolute Gasteiger partial charge is 0.103 e. The van der Waals surface area contributed by atoms with Crippen LogP contribution in [-0.2, 0) is 0 Å². The molecule has 2 atom stereocenters. The second kappa shape index (κ2) is 5.01. The minimum absolute atomic E-state index is 0.813. The van der Waals surface area contributed by atoms with Crippen molar-refractivity contribution in [2.45, 2.75) is 45.4 Å². The lowest BCUT2D eigenvalue weighted by Crippen LogP contribution is -2.22. The fraction of sp³-hybridized carbons (Fsp3) is 0.733. The van der Waals surface area contributed by atoms with Crippen LogP contribution in [0.3, 0.4) is 0 Å². The molecular formula is C15H24. The standard InChI is InChI=1S/C15H24/c1-3-13-6-10-15(11-7-13)14-8-4-12(2)5-9-14/h3-4,8,12-15H,1,5-7,9-11H2,2H3. The SMILES string of the molecule is C=CC1CCC(C2C=CC(C)CC2)CC1. The van der Waals surface area contributed by atoms with Crippen molar-refractivity contribution in [3.8, 4) is 0 Å². The fourth-order valence-electron chi connectivity index (χ4n) is 3.18. The molecule has 0 aromatic rings. The molecule has 0 aromatic carbocycles. The molecule has 2 aliphatic rings. The monoisotopic (exact) mass is 204 g/mol. The third-order valence-corrected chi connectivity index (χ3v) is 4.40. The maximum Gasteiger partial charge on any atom is -0.0205 e. The van der Waals surface area contributed by atoms with Gasteiger partial charge in [0.1, 0.15) is 0 Å². The molecule has 0 aromatic heterocycles. The topological polar surface area (TPSA) is 0 Å². The lowest BCUT2D eigenvalue weighted by molar-refractivity contribution is 0.233. The Morgan fingerprint density at radius 1 is 1.00 bits per heavy atom. The van der Waals surface area contributed by atoms with Crippen LogP contribution in [0.25, 0.3) is 0 Å². The van der Waals surface area contributed by atoms with Crippen LogP contribution >= 0.6 is 0 Å². The minimum atomic E-state index is 0.813. The highest BCUT2D eigenvalue weighted by molar-refractivity contribution is 5.00. The van der Waals surface area contributed by atoms with E-state index in [0.29, 0.717) is 0 Å². The van der Waals surface area contributed by atoms with Crippen LogP contribution in [0.4, 0.5) is 0 Å². The van der Waals surface area contributed by atoms with E-state index in [1.54, 1.807) is 0 Å². The van der Waals surface area contributed by atoms with E-state index in [9.17, 15) is 0 Å². The van der Waals surface area contributed by atoms with Crippen LogP contribution in [-0.4, -0.2) is 0 Å². The molecule has 0 N–H and O–H groups in total. The van der Waals surface area contributed by atoms with Crippen molar-refractivity contribution < 1.29 is 0 Å². The summed E-state index contributed by atoms with van der Waals surface area (Å²) in [6, 6.07) is 0. The molecule has 0 amide bonds. The third-order valence-electron chi connectivity index (χ3n) is 4.40. The lowest BCUT2D eigenvalue weighted by atomic mass is 9.72. The summed E-state index contributed by atoms with van der Waals surface area (Å²) < 4.78 is 0. The van der Waals surface area contributed by atoms with Gasteiger partial charge in [-0.25, -0.2) is 0 Å². The molecule has 0 spiro atoms. The predicted octanol–water partition coefficient (Wildman–Crippen LogP) is 4.58. The van der Waals surface area contributed by atoms with Gasteiger partial charge in [-0.3, -0.25) is 0 Å². The van der Waals surface area contributed by atoms with Crippen molar-refractivity contribution in [1.82, 2.24) is 0 Å². The van der Waals surface area contributed by atoms with E-state index >= 15 is 0 Å². The van der Waals surface area contributed by atoms with E-state index in [-0.39, 0.29) is 0 Å². The molecule has 0 saturated heterocycles. The van der Waals surface area contributed by atoms with Gasteiger partial charge in [-0.15, -0.1) is 6.58 Å². The normalized spacial score (nSPS) is 41.4. The fourth-order valence-corrected chi connectivity index (χ4v) is 3.18. The number of allylic oxidation sites excluding steroid dienone is 3. The Bertz CT molecular complexity index is 230. The second-order valence-electron chi connectivity index (χ2n) is 5.51. The molecule has 1 saturated carbocycles. The molecule has 0 aliphatic heterocycles. The van der Waals surface area contributed by atoms with E-state index in [1.165, 1.54) is 38.5 Å². The average molecular weight is 204 g/mol. The van der Waals surface area contributed by atoms with E-state index in [0.717, 1.165) is 23.7 Å². The first-order valence-electron chi connectivity index (χ1n) is 6.60. The van der Waals surface area contributed by atoms with Gasteiger partial charge < -0.3 is 0 Å². The van der Waals surface area contributed by atoms with Crippen LogP contribution in [0, 0.1) is 23.7 Å². The van der Waals surface area contributed by atoms with E-state index in [2.05, 4.69) is 31.7 Å². The second-order valence-corrected chi connectivity index (χ2v) is 5.51. The van der Waals surface area contributed by atoms with Crippen molar-refractivity contribution >= 4 is 0 Å². The van der Waals surface area contributed by atoms with Gasteiger partial charge in [0.15, 0.2) is 0 Å². The zero-order chi connectivity index (χ0) is 10.7. The maximum absolute atomic E-state index is 3.92. The Morgan fingerprint density at radius 2 is 1.73 bits per heavy atom. The van der Waals surface area contributed by atoms with Crippen molar-refractivity contribution in [2.24, 2.45) is 23.7 Å². The Morgan fingerprint density at radius 3 is 2.27 bits per heavy atom. The van der Waals surface area contributed by atoms with Gasteiger partial charge in [0.25, 0.3) is 0 Å². The summed E-state index contributed by atoms with van der Waals surface area (Å²) in [6.07, 6.45) is 15.6. The summed E-state index contributed by atoms with van der Waals surface area (Å²) >= 11 is 0. The van der Waals surface area contributed by atoms with E-state index in [4.69, 9.17) is 0 Å². The van der Waals surface area contributed by atoms with Crippen LogP contribution in [0.15, 0.2) is 24.8 Å². The first kappa shape index (κ1) is 11.0. The molecule has 0 heterocycles.